The van der Waals surface area contributed by atoms with Gasteiger partial charge in [-0.1, -0.05) is 0 Å². The molecule has 0 bridgehead atoms. The van der Waals surface area contributed by atoms with Crippen LogP contribution in [0, 0.1) is 11.3 Å². The maximum atomic E-state index is 10.9. The van der Waals surface area contributed by atoms with Gasteiger partial charge in [0.2, 0.25) is 0 Å². The maximum absolute atomic E-state index is 10.9. The Hall–Kier alpha value is -2.28. The number of nitriles is 1. The third kappa shape index (κ3) is 1.21. The van der Waals surface area contributed by atoms with Crippen LogP contribution < -0.4 is 5.63 Å². The summed E-state index contributed by atoms with van der Waals surface area (Å²) < 4.78 is 4.82. The molecule has 68 valence electrons. The van der Waals surface area contributed by atoms with Gasteiger partial charge in [-0.3, -0.25) is 0 Å². The van der Waals surface area contributed by atoms with E-state index in [1.807, 2.05) is 6.07 Å². The summed E-state index contributed by atoms with van der Waals surface area (Å²) >= 11 is 0. The van der Waals surface area contributed by atoms with Gasteiger partial charge in [-0.25, -0.2) is 4.79 Å². The van der Waals surface area contributed by atoms with Crippen molar-refractivity contribution in [2.75, 3.05) is 0 Å². The van der Waals surface area contributed by atoms with Crippen LogP contribution in [0.5, 0.6) is 5.75 Å². The molecule has 4 heteroatoms. The van der Waals surface area contributed by atoms with Gasteiger partial charge in [0, 0.05) is 17.5 Å². The summed E-state index contributed by atoms with van der Waals surface area (Å²) in [6.45, 7) is 0. The largest absolute Gasteiger partial charge is 0.508 e. The molecule has 1 heterocycles. The minimum Gasteiger partial charge on any atom is -0.508 e. The highest BCUT2D eigenvalue weighted by atomic mass is 16.4. The molecule has 1 N–H and O–H groups in total. The van der Waals surface area contributed by atoms with E-state index in [0.717, 1.165) is 0 Å². The maximum Gasteiger partial charge on any atom is 0.336 e. The van der Waals surface area contributed by atoms with Crippen molar-refractivity contribution in [1.82, 2.24) is 0 Å². The molecule has 0 unspecified atom stereocenters. The highest BCUT2D eigenvalue weighted by Crippen LogP contribution is 2.22. The molecule has 1 aromatic carbocycles. The topological polar surface area (TPSA) is 74.2 Å². The van der Waals surface area contributed by atoms with Gasteiger partial charge in [-0.15, -0.1) is 0 Å². The molecule has 1 aromatic heterocycles. The van der Waals surface area contributed by atoms with E-state index in [2.05, 4.69) is 0 Å². The van der Waals surface area contributed by atoms with Crippen molar-refractivity contribution >= 4 is 11.0 Å². The lowest BCUT2D eigenvalue weighted by atomic mass is 10.1. The standard InChI is InChI=1S/C10H5NO3/c11-5-6-3-7(12)4-9-8(6)1-2-10(13)14-9/h1-4,12H. The molecule has 0 spiro atoms. The number of benzene rings is 1. The first-order chi connectivity index (χ1) is 6.70. The Kier molecular flexibility index (Phi) is 1.72. The minimum atomic E-state index is -0.507. The van der Waals surface area contributed by atoms with Gasteiger partial charge in [0.15, 0.2) is 0 Å². The summed E-state index contributed by atoms with van der Waals surface area (Å²) in [6, 6.07) is 7.27. The molecule has 0 radical (unpaired) electrons. The summed E-state index contributed by atoms with van der Waals surface area (Å²) in [5.41, 5.74) is -0.00945. The summed E-state index contributed by atoms with van der Waals surface area (Å²) in [5.74, 6) is -0.0941. The van der Waals surface area contributed by atoms with Gasteiger partial charge in [-0.2, -0.15) is 5.26 Å². The predicted octanol–water partition coefficient (Wildman–Crippen LogP) is 1.37. The van der Waals surface area contributed by atoms with E-state index in [1.165, 1.54) is 24.3 Å². The highest BCUT2D eigenvalue weighted by Gasteiger charge is 2.05. The van der Waals surface area contributed by atoms with Crippen molar-refractivity contribution < 1.29 is 9.52 Å². The van der Waals surface area contributed by atoms with Gasteiger partial charge in [0.05, 0.1) is 5.56 Å². The molecule has 0 saturated carbocycles. The van der Waals surface area contributed by atoms with Crippen LogP contribution in [0.4, 0.5) is 0 Å². The molecule has 2 rings (SSSR count). The van der Waals surface area contributed by atoms with Gasteiger partial charge in [-0.05, 0) is 12.1 Å². The van der Waals surface area contributed by atoms with Crippen LogP contribution in [0.3, 0.4) is 0 Å². The lowest BCUT2D eigenvalue weighted by molar-refractivity contribution is 0.473. The second-order valence-corrected chi connectivity index (χ2v) is 2.77. The molecular formula is C10H5NO3. The summed E-state index contributed by atoms with van der Waals surface area (Å²) in [4.78, 5) is 10.9. The fraction of sp³-hybridized carbons (Fsp3) is 0. The van der Waals surface area contributed by atoms with Crippen LogP contribution in [-0.4, -0.2) is 5.11 Å². The van der Waals surface area contributed by atoms with Crippen molar-refractivity contribution in [2.45, 2.75) is 0 Å². The molecule has 14 heavy (non-hydrogen) atoms. The zero-order valence-electron chi connectivity index (χ0n) is 7.02. The Morgan fingerprint density at radius 2 is 2.14 bits per heavy atom. The first kappa shape index (κ1) is 8.32. The summed E-state index contributed by atoms with van der Waals surface area (Å²) in [6.07, 6.45) is 0. The average molecular weight is 187 g/mol. The first-order valence-electron chi connectivity index (χ1n) is 3.87. The molecule has 0 aliphatic heterocycles. The van der Waals surface area contributed by atoms with Gasteiger partial charge in [0.25, 0.3) is 0 Å². The van der Waals surface area contributed by atoms with Gasteiger partial charge >= 0.3 is 5.63 Å². The molecule has 0 fully saturated rings. The number of fused-ring (bicyclic) bond motifs is 1. The van der Waals surface area contributed by atoms with Crippen LogP contribution in [0.25, 0.3) is 11.0 Å². The molecule has 4 nitrogen and oxygen atoms in total. The third-order valence-corrected chi connectivity index (χ3v) is 1.84. The summed E-state index contributed by atoms with van der Waals surface area (Å²) in [7, 11) is 0. The number of hydrogen-bond donors (Lipinski definition) is 1. The quantitative estimate of drug-likeness (QED) is 0.632. The number of phenolic OH excluding ortho intramolecular Hbond substituents is 1. The predicted molar refractivity (Wildman–Crippen MR) is 48.9 cm³/mol. The van der Waals surface area contributed by atoms with Crippen LogP contribution in [0.15, 0.2) is 33.5 Å². The van der Waals surface area contributed by atoms with Crippen molar-refractivity contribution in [2.24, 2.45) is 0 Å². The number of rotatable bonds is 0. The van der Waals surface area contributed by atoms with Gasteiger partial charge in [0.1, 0.15) is 17.4 Å². The number of phenols is 1. The van der Waals surface area contributed by atoms with E-state index in [4.69, 9.17) is 9.68 Å². The molecular weight excluding hydrogens is 182 g/mol. The lowest BCUT2D eigenvalue weighted by Crippen LogP contribution is -1.95. The molecule has 0 amide bonds. The van der Waals surface area contributed by atoms with E-state index in [9.17, 15) is 9.90 Å². The number of hydrogen-bond acceptors (Lipinski definition) is 4. The molecule has 0 aliphatic rings. The van der Waals surface area contributed by atoms with Crippen LogP contribution in [0.1, 0.15) is 5.56 Å². The molecule has 0 atom stereocenters. The summed E-state index contributed by atoms with van der Waals surface area (Å²) in [5, 5.41) is 18.5. The first-order valence-corrected chi connectivity index (χ1v) is 3.87. The molecule has 0 aliphatic carbocycles. The Balaban J connectivity index is 2.96. The molecule has 0 saturated heterocycles. The third-order valence-electron chi connectivity index (χ3n) is 1.84. The van der Waals surface area contributed by atoms with E-state index in [1.54, 1.807) is 0 Å². The van der Waals surface area contributed by atoms with Crippen LogP contribution in [0.2, 0.25) is 0 Å². The fourth-order valence-electron chi connectivity index (χ4n) is 1.25. The second kappa shape index (κ2) is 2.89. The van der Waals surface area contributed by atoms with Crippen molar-refractivity contribution in [3.05, 3.63) is 40.2 Å². The van der Waals surface area contributed by atoms with Crippen LogP contribution >= 0.6 is 0 Å². The zero-order chi connectivity index (χ0) is 10.1. The van der Waals surface area contributed by atoms with E-state index in [0.29, 0.717) is 5.39 Å². The van der Waals surface area contributed by atoms with E-state index >= 15 is 0 Å². The van der Waals surface area contributed by atoms with Crippen LogP contribution in [-0.2, 0) is 0 Å². The average Bonchev–Trinajstić information content (AvgIpc) is 2.15. The number of nitrogens with zero attached hydrogens (tertiary/aromatic N) is 1. The smallest absolute Gasteiger partial charge is 0.336 e. The Labute approximate surface area is 78.6 Å². The van der Waals surface area contributed by atoms with E-state index < -0.39 is 5.63 Å². The van der Waals surface area contributed by atoms with E-state index in [-0.39, 0.29) is 16.9 Å². The SMILES string of the molecule is N#Cc1cc(O)cc2oc(=O)ccc12. The van der Waals surface area contributed by atoms with Gasteiger partial charge < -0.3 is 9.52 Å². The zero-order valence-corrected chi connectivity index (χ0v) is 7.02. The Bertz CT molecular complexity index is 592. The minimum absolute atomic E-state index is 0.0941. The number of aromatic hydroxyl groups is 1. The molecule has 2 aromatic rings. The van der Waals surface area contributed by atoms with Crippen molar-refractivity contribution in [1.29, 1.82) is 5.26 Å². The lowest BCUT2D eigenvalue weighted by Gasteiger charge is -1.98. The highest BCUT2D eigenvalue weighted by molar-refractivity contribution is 5.84. The Morgan fingerprint density at radius 1 is 1.36 bits per heavy atom. The van der Waals surface area contributed by atoms with Crippen molar-refractivity contribution in [3.63, 3.8) is 0 Å². The Morgan fingerprint density at radius 3 is 2.86 bits per heavy atom. The van der Waals surface area contributed by atoms with Crippen molar-refractivity contribution in [3.8, 4) is 11.8 Å². The normalized spacial score (nSPS) is 9.93. The fourth-order valence-corrected chi connectivity index (χ4v) is 1.25. The second-order valence-electron chi connectivity index (χ2n) is 2.77. The monoisotopic (exact) mass is 187 g/mol.